The highest BCUT2D eigenvalue weighted by Crippen LogP contribution is 2.36. The summed E-state index contributed by atoms with van der Waals surface area (Å²) in [5, 5.41) is 9.78. The van der Waals surface area contributed by atoms with Gasteiger partial charge in [-0.15, -0.1) is 0 Å². The van der Waals surface area contributed by atoms with Crippen LogP contribution >= 0.6 is 0 Å². The lowest BCUT2D eigenvalue weighted by atomic mass is 10.1. The molecule has 2 aromatic heterocycles. The van der Waals surface area contributed by atoms with Gasteiger partial charge >= 0.3 is 0 Å². The van der Waals surface area contributed by atoms with Crippen molar-refractivity contribution < 1.29 is 9.52 Å². The number of rotatable bonds is 5. The quantitative estimate of drug-likeness (QED) is 0.386. The van der Waals surface area contributed by atoms with Crippen LogP contribution in [0.15, 0.2) is 108 Å². The maximum absolute atomic E-state index is 9.78. The summed E-state index contributed by atoms with van der Waals surface area (Å²) in [7, 11) is 0. The Hall–Kier alpha value is -4.05. The lowest BCUT2D eigenvalue weighted by molar-refractivity contribution is 0.474. The summed E-state index contributed by atoms with van der Waals surface area (Å²) in [5.74, 6) is 1.58. The van der Waals surface area contributed by atoms with Crippen LogP contribution < -0.4 is 0 Å². The molecule has 0 amide bonds. The zero-order valence-electron chi connectivity index (χ0n) is 16.3. The van der Waals surface area contributed by atoms with Gasteiger partial charge in [0.25, 0.3) is 0 Å². The highest BCUT2D eigenvalue weighted by molar-refractivity contribution is 5.78. The van der Waals surface area contributed by atoms with Crippen LogP contribution in [0.2, 0.25) is 0 Å². The van der Waals surface area contributed by atoms with Crippen molar-refractivity contribution in [3.63, 3.8) is 0 Å². The molecule has 0 aliphatic carbocycles. The first kappa shape index (κ1) is 18.0. The molecule has 0 spiro atoms. The molecule has 4 heteroatoms. The fraction of sp³-hybridized carbons (Fsp3) is 0.0385. The Labute approximate surface area is 174 Å². The number of aromatic nitrogens is 2. The predicted molar refractivity (Wildman–Crippen MR) is 118 cm³/mol. The Morgan fingerprint density at radius 3 is 2.23 bits per heavy atom. The van der Waals surface area contributed by atoms with Crippen LogP contribution in [0.5, 0.6) is 5.75 Å². The van der Waals surface area contributed by atoms with E-state index in [0.29, 0.717) is 12.4 Å². The van der Waals surface area contributed by atoms with Gasteiger partial charge in [0.2, 0.25) is 5.89 Å². The molecule has 0 saturated carbocycles. The van der Waals surface area contributed by atoms with Crippen LogP contribution in [0.25, 0.3) is 34.2 Å². The van der Waals surface area contributed by atoms with E-state index in [1.165, 1.54) is 0 Å². The lowest BCUT2D eigenvalue weighted by Gasteiger charge is -2.07. The Morgan fingerprint density at radius 1 is 0.767 bits per heavy atom. The van der Waals surface area contributed by atoms with Crippen molar-refractivity contribution in [3.8, 4) is 39.9 Å². The minimum Gasteiger partial charge on any atom is -0.508 e. The molecule has 146 valence electrons. The molecule has 0 aliphatic rings. The summed E-state index contributed by atoms with van der Waals surface area (Å²) in [4.78, 5) is 4.88. The molecular weight excluding hydrogens is 372 g/mol. The van der Waals surface area contributed by atoms with E-state index in [4.69, 9.17) is 9.40 Å². The third kappa shape index (κ3) is 3.51. The van der Waals surface area contributed by atoms with Crippen molar-refractivity contribution in [2.75, 3.05) is 0 Å². The zero-order chi connectivity index (χ0) is 20.3. The van der Waals surface area contributed by atoms with Gasteiger partial charge in [-0.2, -0.15) is 0 Å². The van der Waals surface area contributed by atoms with Gasteiger partial charge in [0.15, 0.2) is 5.76 Å². The molecule has 0 unspecified atom stereocenters. The summed E-state index contributed by atoms with van der Waals surface area (Å²) in [6.45, 7) is 0.612. The molecule has 2 heterocycles. The molecule has 5 rings (SSSR count). The number of phenolic OH excluding ortho intramolecular Hbond substituents is 1. The van der Waals surface area contributed by atoms with Crippen LogP contribution in [0.1, 0.15) is 5.56 Å². The van der Waals surface area contributed by atoms with Crippen molar-refractivity contribution in [1.29, 1.82) is 0 Å². The molecule has 0 bridgehead atoms. The molecule has 5 aromatic rings. The van der Waals surface area contributed by atoms with Crippen molar-refractivity contribution in [1.82, 2.24) is 9.55 Å². The normalized spacial score (nSPS) is 10.9. The summed E-state index contributed by atoms with van der Waals surface area (Å²) in [5.41, 5.74) is 4.71. The molecule has 1 N–H and O–H groups in total. The first-order valence-corrected chi connectivity index (χ1v) is 9.83. The number of nitrogens with zero attached hydrogens (tertiary/aromatic N) is 2. The van der Waals surface area contributed by atoms with Crippen LogP contribution in [-0.4, -0.2) is 14.7 Å². The van der Waals surface area contributed by atoms with Gasteiger partial charge < -0.3 is 14.1 Å². The van der Waals surface area contributed by atoms with E-state index in [0.717, 1.165) is 33.8 Å². The molecule has 4 nitrogen and oxygen atoms in total. The van der Waals surface area contributed by atoms with Crippen molar-refractivity contribution in [2.45, 2.75) is 6.54 Å². The third-order valence-electron chi connectivity index (χ3n) is 5.02. The van der Waals surface area contributed by atoms with Gasteiger partial charge in [0, 0.05) is 23.9 Å². The molecule has 0 saturated heterocycles. The molecule has 30 heavy (non-hydrogen) atoms. The molecule has 3 aromatic carbocycles. The van der Waals surface area contributed by atoms with Crippen LogP contribution in [0, 0.1) is 0 Å². The smallest absolute Gasteiger partial charge is 0.244 e. The second kappa shape index (κ2) is 7.76. The van der Waals surface area contributed by atoms with Gasteiger partial charge in [-0.3, -0.25) is 0 Å². The number of aromatic hydroxyl groups is 1. The van der Waals surface area contributed by atoms with Crippen molar-refractivity contribution in [3.05, 3.63) is 109 Å². The molecule has 0 atom stereocenters. The van der Waals surface area contributed by atoms with Gasteiger partial charge in [0.05, 0.1) is 0 Å². The summed E-state index contributed by atoms with van der Waals surface area (Å²) in [6, 6.07) is 31.4. The zero-order valence-corrected chi connectivity index (χ0v) is 16.3. The van der Waals surface area contributed by atoms with Gasteiger partial charge in [0.1, 0.15) is 17.1 Å². The van der Waals surface area contributed by atoms with Crippen molar-refractivity contribution >= 4 is 0 Å². The van der Waals surface area contributed by atoms with Gasteiger partial charge in [-0.25, -0.2) is 4.98 Å². The fourth-order valence-electron chi connectivity index (χ4n) is 3.60. The first-order chi connectivity index (χ1) is 14.8. The SMILES string of the molecule is Oc1cccc(Cn2cccc2-c2nc(-c3ccccc3)c(-c3ccccc3)o2)c1. The monoisotopic (exact) mass is 392 g/mol. The summed E-state index contributed by atoms with van der Waals surface area (Å²) in [6.07, 6.45) is 1.99. The summed E-state index contributed by atoms with van der Waals surface area (Å²) < 4.78 is 8.39. The summed E-state index contributed by atoms with van der Waals surface area (Å²) >= 11 is 0. The predicted octanol–water partition coefficient (Wildman–Crippen LogP) is 6.23. The fourth-order valence-corrected chi connectivity index (χ4v) is 3.60. The molecule has 0 fully saturated rings. The largest absolute Gasteiger partial charge is 0.508 e. The van der Waals surface area contributed by atoms with Crippen LogP contribution in [-0.2, 0) is 6.54 Å². The van der Waals surface area contributed by atoms with Crippen molar-refractivity contribution in [2.24, 2.45) is 0 Å². The van der Waals surface area contributed by atoms with Gasteiger partial charge in [-0.05, 0) is 29.8 Å². The van der Waals surface area contributed by atoms with Crippen LogP contribution in [0.3, 0.4) is 0 Å². The Kier molecular flexibility index (Phi) is 4.66. The average molecular weight is 392 g/mol. The van der Waals surface area contributed by atoms with E-state index >= 15 is 0 Å². The second-order valence-corrected chi connectivity index (χ2v) is 7.12. The van der Waals surface area contributed by atoms with E-state index in [9.17, 15) is 5.11 Å². The maximum atomic E-state index is 9.78. The highest BCUT2D eigenvalue weighted by Gasteiger charge is 2.19. The Bertz CT molecular complexity index is 1210. The minimum atomic E-state index is 0.259. The lowest BCUT2D eigenvalue weighted by Crippen LogP contribution is -2.00. The number of phenols is 1. The number of oxazole rings is 1. The number of benzene rings is 3. The van der Waals surface area contributed by atoms with Gasteiger partial charge in [-0.1, -0.05) is 72.8 Å². The topological polar surface area (TPSA) is 51.2 Å². The third-order valence-corrected chi connectivity index (χ3v) is 5.02. The Morgan fingerprint density at radius 2 is 1.50 bits per heavy atom. The Balaban J connectivity index is 1.60. The number of hydrogen-bond donors (Lipinski definition) is 1. The van der Waals surface area contributed by atoms with E-state index in [1.54, 1.807) is 12.1 Å². The van der Waals surface area contributed by atoms with E-state index < -0.39 is 0 Å². The minimum absolute atomic E-state index is 0.259. The highest BCUT2D eigenvalue weighted by atomic mass is 16.4. The second-order valence-electron chi connectivity index (χ2n) is 7.12. The number of hydrogen-bond acceptors (Lipinski definition) is 3. The van der Waals surface area contributed by atoms with E-state index in [-0.39, 0.29) is 5.75 Å². The van der Waals surface area contributed by atoms with E-state index in [1.807, 2.05) is 91.1 Å². The maximum Gasteiger partial charge on any atom is 0.244 e. The molecule has 0 radical (unpaired) electrons. The molecule has 0 aliphatic heterocycles. The standard InChI is InChI=1S/C26H20N2O2/c29-22-14-7-9-19(17-22)18-28-16-8-15-23(28)26-27-24(20-10-3-1-4-11-20)25(30-26)21-12-5-2-6-13-21/h1-17,29H,18H2. The average Bonchev–Trinajstić information content (AvgIpc) is 3.42. The molecular formula is C26H20N2O2. The van der Waals surface area contributed by atoms with Crippen LogP contribution in [0.4, 0.5) is 0 Å². The first-order valence-electron chi connectivity index (χ1n) is 9.83. The van der Waals surface area contributed by atoms with E-state index in [2.05, 4.69) is 4.57 Å².